The second kappa shape index (κ2) is 18.1. The third-order valence-corrected chi connectivity index (χ3v) is 5.33. The molecule has 17 heteroatoms. The summed E-state index contributed by atoms with van der Waals surface area (Å²) in [6.45, 7) is 1.17. The third kappa shape index (κ3) is 14.2. The number of aliphatic hydroxyl groups is 1. The smallest absolute Gasteiger partial charge is 0.326 e. The van der Waals surface area contributed by atoms with Crippen molar-refractivity contribution in [2.75, 3.05) is 25.4 Å². The number of aliphatic carboxylic acids is 1. The van der Waals surface area contributed by atoms with Crippen LogP contribution in [-0.4, -0.2) is 101 Å². The molecule has 5 atom stereocenters. The summed E-state index contributed by atoms with van der Waals surface area (Å²) in [5, 5.41) is 28.2. The van der Waals surface area contributed by atoms with E-state index in [-0.39, 0.29) is 37.6 Å². The minimum atomic E-state index is -1.29. The summed E-state index contributed by atoms with van der Waals surface area (Å²) in [7, 11) is 0. The Bertz CT molecular complexity index is 809. The Kier molecular flexibility index (Phi) is 16.6. The van der Waals surface area contributed by atoms with Crippen LogP contribution in [0.25, 0.3) is 0 Å². The van der Waals surface area contributed by atoms with E-state index < -0.39 is 66.4 Å². The van der Waals surface area contributed by atoms with E-state index in [0.717, 1.165) is 0 Å². The number of thiol groups is 1. The highest BCUT2D eigenvalue weighted by Crippen LogP contribution is 2.02. The Morgan fingerprint density at radius 1 is 0.919 bits per heavy atom. The first-order chi connectivity index (χ1) is 17.3. The van der Waals surface area contributed by atoms with Crippen LogP contribution in [0.2, 0.25) is 0 Å². The van der Waals surface area contributed by atoms with Gasteiger partial charge in [-0.2, -0.15) is 12.6 Å². The zero-order chi connectivity index (χ0) is 28.5. The molecule has 0 aliphatic rings. The van der Waals surface area contributed by atoms with Crippen molar-refractivity contribution in [1.82, 2.24) is 21.3 Å². The lowest BCUT2D eigenvalue weighted by molar-refractivity contribution is -0.142. The molecule has 212 valence electrons. The maximum absolute atomic E-state index is 12.6. The van der Waals surface area contributed by atoms with E-state index in [9.17, 15) is 34.2 Å². The summed E-state index contributed by atoms with van der Waals surface area (Å²) in [5.41, 5.74) is 21.5. The number of nitrogens with two attached hydrogens (primary N) is 4. The first-order valence-corrected chi connectivity index (χ1v) is 12.2. The molecular formula is C20H39N9O7S. The molecule has 0 heterocycles. The van der Waals surface area contributed by atoms with E-state index in [0.29, 0.717) is 12.8 Å². The molecule has 16 nitrogen and oxygen atoms in total. The molecular weight excluding hydrogens is 510 g/mol. The molecule has 0 unspecified atom stereocenters. The fraction of sp³-hybridized carbons (Fsp3) is 0.700. The molecule has 0 aliphatic carbocycles. The number of carbonyl (C=O) groups excluding carboxylic acids is 4. The van der Waals surface area contributed by atoms with Crippen LogP contribution in [0.3, 0.4) is 0 Å². The lowest BCUT2D eigenvalue weighted by atomic mass is 10.1. The lowest BCUT2D eigenvalue weighted by Gasteiger charge is -2.22. The van der Waals surface area contributed by atoms with E-state index in [1.165, 1.54) is 6.92 Å². The van der Waals surface area contributed by atoms with Gasteiger partial charge in [0.05, 0.1) is 12.6 Å². The summed E-state index contributed by atoms with van der Waals surface area (Å²) in [6, 6.07) is -4.77. The van der Waals surface area contributed by atoms with E-state index >= 15 is 0 Å². The maximum atomic E-state index is 12.6. The minimum absolute atomic E-state index is 0.0869. The van der Waals surface area contributed by atoms with E-state index in [1.807, 2.05) is 0 Å². The molecule has 4 amide bonds. The molecule has 0 rings (SSSR count). The number of aliphatic hydroxyl groups excluding tert-OH is 1. The molecule has 0 saturated heterocycles. The van der Waals surface area contributed by atoms with Crippen molar-refractivity contribution in [3.05, 3.63) is 0 Å². The fourth-order valence-electron chi connectivity index (χ4n) is 2.84. The quantitative estimate of drug-likeness (QED) is 0.0333. The zero-order valence-corrected chi connectivity index (χ0v) is 21.6. The number of rotatable bonds is 18. The van der Waals surface area contributed by atoms with Gasteiger partial charge in [0.1, 0.15) is 24.2 Å². The number of hydrogen-bond acceptors (Lipinski definition) is 10. The van der Waals surface area contributed by atoms with Gasteiger partial charge >= 0.3 is 5.97 Å². The zero-order valence-electron chi connectivity index (χ0n) is 20.7. The van der Waals surface area contributed by atoms with Crippen molar-refractivity contribution in [2.24, 2.45) is 27.9 Å². The lowest BCUT2D eigenvalue weighted by Crippen LogP contribution is -2.56. The number of nitrogens with one attached hydrogen (secondary N) is 4. The Balaban J connectivity index is 5.07. The number of amides is 4. The van der Waals surface area contributed by atoms with Crippen LogP contribution in [0, 0.1) is 0 Å². The largest absolute Gasteiger partial charge is 0.480 e. The minimum Gasteiger partial charge on any atom is -0.480 e. The van der Waals surface area contributed by atoms with E-state index in [1.54, 1.807) is 0 Å². The number of hydrogen-bond donors (Lipinski definition) is 11. The molecule has 0 aromatic heterocycles. The van der Waals surface area contributed by atoms with Gasteiger partial charge in [-0.05, 0) is 39.2 Å². The van der Waals surface area contributed by atoms with Crippen LogP contribution < -0.4 is 44.2 Å². The van der Waals surface area contributed by atoms with Crippen LogP contribution in [0.5, 0.6) is 0 Å². The fourth-order valence-corrected chi connectivity index (χ4v) is 3.10. The van der Waals surface area contributed by atoms with Crippen LogP contribution in [0.15, 0.2) is 4.99 Å². The molecule has 0 aromatic rings. The standard InChI is InChI=1S/C20H39N9O7S/c1-10(30)15(22)18(34)28-11(5-3-7-25-20(23)24)16(32)26-8-14(31)27-13(9-37)17(33)29-12(19(35)36)4-2-6-21/h10-13,15,30,37H,2-9,21-22H2,1H3,(H,26,32)(H,27,31)(H,28,34)(H,29,33)(H,35,36)(H4,23,24,25)/t10-,11-,12+,13-,15+/m1/s1. The summed E-state index contributed by atoms with van der Waals surface area (Å²) in [5.74, 6) is -4.58. The Hall–Kier alpha value is -3.15. The van der Waals surface area contributed by atoms with Crippen molar-refractivity contribution < 1.29 is 34.2 Å². The van der Waals surface area contributed by atoms with Crippen molar-refractivity contribution in [1.29, 1.82) is 0 Å². The van der Waals surface area contributed by atoms with Gasteiger partial charge < -0.3 is 54.4 Å². The average molecular weight is 550 g/mol. The van der Waals surface area contributed by atoms with E-state index in [2.05, 4.69) is 38.9 Å². The summed E-state index contributed by atoms with van der Waals surface area (Å²) in [4.78, 5) is 64.7. The number of carboxylic acids is 1. The first-order valence-electron chi connectivity index (χ1n) is 11.5. The number of guanidine groups is 1. The predicted molar refractivity (Wildman–Crippen MR) is 138 cm³/mol. The number of aliphatic imine (C=N–C) groups is 1. The first kappa shape index (κ1) is 33.8. The van der Waals surface area contributed by atoms with Gasteiger partial charge in [-0.15, -0.1) is 0 Å². The van der Waals surface area contributed by atoms with Crippen molar-refractivity contribution in [3.63, 3.8) is 0 Å². The SMILES string of the molecule is C[C@@H](O)[C@H](N)C(=O)N[C@H](CCCN=C(N)N)C(=O)NCC(=O)N[C@H](CS)C(=O)N[C@@H](CCCN)C(=O)O. The van der Waals surface area contributed by atoms with Gasteiger partial charge in [0, 0.05) is 12.3 Å². The van der Waals surface area contributed by atoms with Gasteiger partial charge in [-0.1, -0.05) is 0 Å². The molecule has 37 heavy (non-hydrogen) atoms. The topological polar surface area (TPSA) is 290 Å². The highest BCUT2D eigenvalue weighted by molar-refractivity contribution is 7.80. The number of carbonyl (C=O) groups is 5. The highest BCUT2D eigenvalue weighted by Gasteiger charge is 2.28. The Labute approximate surface area is 220 Å². The van der Waals surface area contributed by atoms with Crippen LogP contribution >= 0.6 is 12.6 Å². The normalized spacial score (nSPS) is 14.7. The summed E-state index contributed by atoms with van der Waals surface area (Å²) in [6.07, 6.45) is -0.313. The molecule has 0 bridgehead atoms. The molecule has 0 spiro atoms. The molecule has 0 aliphatic heterocycles. The molecule has 0 fully saturated rings. The monoisotopic (exact) mass is 549 g/mol. The molecule has 14 N–H and O–H groups in total. The molecule has 0 radical (unpaired) electrons. The van der Waals surface area contributed by atoms with Gasteiger partial charge in [-0.3, -0.25) is 24.2 Å². The second-order valence-corrected chi connectivity index (χ2v) is 8.49. The molecule has 0 aromatic carbocycles. The highest BCUT2D eigenvalue weighted by atomic mass is 32.1. The summed E-state index contributed by atoms with van der Waals surface area (Å²) < 4.78 is 0. The van der Waals surface area contributed by atoms with Crippen LogP contribution in [0.4, 0.5) is 0 Å². The van der Waals surface area contributed by atoms with Gasteiger partial charge in [0.25, 0.3) is 0 Å². The van der Waals surface area contributed by atoms with Crippen molar-refractivity contribution >= 4 is 48.2 Å². The Morgan fingerprint density at radius 3 is 2.03 bits per heavy atom. The van der Waals surface area contributed by atoms with Gasteiger partial charge in [0.15, 0.2) is 5.96 Å². The number of carboxylic acid groups (broad SMARTS) is 1. The number of nitrogens with zero attached hydrogens (tertiary/aromatic N) is 1. The third-order valence-electron chi connectivity index (χ3n) is 4.97. The van der Waals surface area contributed by atoms with Crippen LogP contribution in [-0.2, 0) is 24.0 Å². The van der Waals surface area contributed by atoms with Crippen molar-refractivity contribution in [2.45, 2.75) is 62.9 Å². The predicted octanol–water partition coefficient (Wildman–Crippen LogP) is -4.93. The maximum Gasteiger partial charge on any atom is 0.326 e. The average Bonchev–Trinajstić information content (AvgIpc) is 2.83. The van der Waals surface area contributed by atoms with Gasteiger partial charge in [0.2, 0.25) is 23.6 Å². The van der Waals surface area contributed by atoms with Crippen molar-refractivity contribution in [3.8, 4) is 0 Å². The second-order valence-electron chi connectivity index (χ2n) is 8.13. The van der Waals surface area contributed by atoms with Crippen LogP contribution in [0.1, 0.15) is 32.6 Å². The Morgan fingerprint density at radius 2 is 1.51 bits per heavy atom. The summed E-state index contributed by atoms with van der Waals surface area (Å²) >= 11 is 4.01. The van der Waals surface area contributed by atoms with Gasteiger partial charge in [-0.25, -0.2) is 4.79 Å². The van der Waals surface area contributed by atoms with E-state index in [4.69, 9.17) is 22.9 Å². The molecule has 0 saturated carbocycles.